The molecule has 7 heteroatoms. The monoisotopic (exact) mass is 277 g/mol. The number of aromatic nitrogens is 3. The maximum Gasteiger partial charge on any atom is 0.263 e. The van der Waals surface area contributed by atoms with Crippen LogP contribution in [0.1, 0.15) is 18.5 Å². The first-order valence-corrected chi connectivity index (χ1v) is 6.98. The van der Waals surface area contributed by atoms with E-state index in [1.807, 2.05) is 6.92 Å². The third-order valence-corrected chi connectivity index (χ3v) is 3.48. The lowest BCUT2D eigenvalue weighted by Gasteiger charge is -2.23. The van der Waals surface area contributed by atoms with Gasteiger partial charge in [0.25, 0.3) is 5.71 Å². The second-order valence-corrected chi connectivity index (χ2v) is 4.92. The Balaban J connectivity index is 1.53. The van der Waals surface area contributed by atoms with Crippen molar-refractivity contribution in [3.05, 3.63) is 12.0 Å². The molecule has 0 saturated carbocycles. The lowest BCUT2D eigenvalue weighted by atomic mass is 10.1. The summed E-state index contributed by atoms with van der Waals surface area (Å²) in [5, 5.41) is 11.3. The number of nitrogens with one attached hydrogen (secondary N) is 2. The number of hydrogen-bond acceptors (Lipinski definition) is 7. The van der Waals surface area contributed by atoms with Gasteiger partial charge in [-0.1, -0.05) is 5.16 Å². The van der Waals surface area contributed by atoms with Gasteiger partial charge in [0.1, 0.15) is 17.5 Å². The number of piperidine rings is 1. The minimum atomic E-state index is 0.376. The Morgan fingerprint density at radius 3 is 3.10 bits per heavy atom. The predicted molar refractivity (Wildman–Crippen MR) is 74.7 cm³/mol. The van der Waals surface area contributed by atoms with E-state index in [1.165, 1.54) is 6.33 Å². The predicted octanol–water partition coefficient (Wildman–Crippen LogP) is 1.11. The molecule has 1 fully saturated rings. The Labute approximate surface area is 117 Å². The van der Waals surface area contributed by atoms with E-state index < -0.39 is 0 Å². The summed E-state index contributed by atoms with van der Waals surface area (Å²) in [6.45, 7) is 5.35. The van der Waals surface area contributed by atoms with Crippen molar-refractivity contribution >= 4 is 16.9 Å². The smallest absolute Gasteiger partial charge is 0.263 e. The van der Waals surface area contributed by atoms with Gasteiger partial charge in [-0.3, -0.25) is 0 Å². The lowest BCUT2D eigenvalue weighted by molar-refractivity contribution is 0.0394. The summed E-state index contributed by atoms with van der Waals surface area (Å²) in [7, 11) is 0. The van der Waals surface area contributed by atoms with Gasteiger partial charge in [0.2, 0.25) is 0 Å². The fraction of sp³-hybridized carbons (Fsp3) is 0.615. The highest BCUT2D eigenvalue weighted by Crippen LogP contribution is 2.21. The summed E-state index contributed by atoms with van der Waals surface area (Å²) in [5.74, 6) is 0.752. The third kappa shape index (κ3) is 2.88. The molecule has 1 aliphatic rings. The molecule has 0 amide bonds. The topological polar surface area (TPSA) is 85.1 Å². The maximum absolute atomic E-state index is 5.84. The van der Waals surface area contributed by atoms with Gasteiger partial charge in [0.05, 0.1) is 18.4 Å². The zero-order valence-corrected chi connectivity index (χ0v) is 11.6. The van der Waals surface area contributed by atoms with Crippen molar-refractivity contribution in [1.82, 2.24) is 20.4 Å². The van der Waals surface area contributed by atoms with Crippen LogP contribution < -0.4 is 10.6 Å². The Kier molecular flexibility index (Phi) is 4.08. The normalized spacial score (nSPS) is 16.6. The zero-order valence-electron chi connectivity index (χ0n) is 11.6. The molecule has 1 aliphatic heterocycles. The van der Waals surface area contributed by atoms with Crippen LogP contribution in [-0.4, -0.2) is 47.5 Å². The zero-order chi connectivity index (χ0) is 13.8. The van der Waals surface area contributed by atoms with Crippen LogP contribution >= 0.6 is 0 Å². The van der Waals surface area contributed by atoms with E-state index in [2.05, 4.69) is 25.8 Å². The molecular formula is C13H19N5O2. The van der Waals surface area contributed by atoms with Crippen molar-refractivity contribution in [3.8, 4) is 0 Å². The van der Waals surface area contributed by atoms with Crippen LogP contribution in [0.2, 0.25) is 0 Å². The number of aryl methyl sites for hydroxylation is 1. The number of ether oxygens (including phenoxy) is 1. The van der Waals surface area contributed by atoms with Crippen molar-refractivity contribution in [2.75, 3.05) is 31.6 Å². The van der Waals surface area contributed by atoms with Crippen LogP contribution in [0.25, 0.3) is 11.1 Å². The Hall–Kier alpha value is -1.73. The molecule has 3 rings (SSSR count). The largest absolute Gasteiger partial charge is 0.376 e. The van der Waals surface area contributed by atoms with Gasteiger partial charge in [-0.15, -0.1) is 0 Å². The minimum absolute atomic E-state index is 0.376. The first-order chi connectivity index (χ1) is 9.84. The van der Waals surface area contributed by atoms with E-state index >= 15 is 0 Å². The van der Waals surface area contributed by atoms with Gasteiger partial charge in [-0.2, -0.15) is 4.98 Å². The summed E-state index contributed by atoms with van der Waals surface area (Å²) >= 11 is 0. The van der Waals surface area contributed by atoms with Gasteiger partial charge >= 0.3 is 0 Å². The molecule has 0 aliphatic carbocycles. The summed E-state index contributed by atoms with van der Waals surface area (Å²) in [6.07, 6.45) is 4.02. The summed E-state index contributed by atoms with van der Waals surface area (Å²) in [6, 6.07) is 0. The summed E-state index contributed by atoms with van der Waals surface area (Å²) in [5.41, 5.74) is 1.31. The maximum atomic E-state index is 5.84. The fourth-order valence-corrected chi connectivity index (χ4v) is 2.41. The van der Waals surface area contributed by atoms with E-state index in [1.54, 1.807) is 0 Å². The van der Waals surface area contributed by atoms with E-state index in [0.717, 1.165) is 42.8 Å². The Morgan fingerprint density at radius 1 is 1.40 bits per heavy atom. The standard InChI is InChI=1S/C13H19N5O2/c1-9-11-12(16-8-17-13(11)20-18-9)15-6-7-19-10-2-4-14-5-3-10/h8,10,14H,2-7H2,1H3,(H,15,16,17). The van der Waals surface area contributed by atoms with Gasteiger partial charge < -0.3 is 19.9 Å². The Morgan fingerprint density at radius 2 is 2.25 bits per heavy atom. The second-order valence-electron chi connectivity index (χ2n) is 4.92. The first-order valence-electron chi connectivity index (χ1n) is 6.98. The molecule has 108 valence electrons. The number of fused-ring (bicyclic) bond motifs is 1. The van der Waals surface area contributed by atoms with Crippen LogP contribution in [0.15, 0.2) is 10.9 Å². The molecule has 2 aromatic heterocycles. The average Bonchev–Trinajstić information content (AvgIpc) is 2.87. The van der Waals surface area contributed by atoms with Gasteiger partial charge in [-0.05, 0) is 32.9 Å². The SMILES string of the molecule is Cc1noc2ncnc(NCCOC3CCNCC3)c12. The van der Waals surface area contributed by atoms with Crippen molar-refractivity contribution in [2.24, 2.45) is 0 Å². The first kappa shape index (κ1) is 13.3. The molecule has 20 heavy (non-hydrogen) atoms. The van der Waals surface area contributed by atoms with Gasteiger partial charge in [0.15, 0.2) is 0 Å². The molecule has 0 spiro atoms. The molecular weight excluding hydrogens is 258 g/mol. The van der Waals surface area contributed by atoms with Crippen molar-refractivity contribution < 1.29 is 9.26 Å². The van der Waals surface area contributed by atoms with Crippen LogP contribution in [0.4, 0.5) is 5.82 Å². The molecule has 3 heterocycles. The Bertz CT molecular complexity index is 565. The van der Waals surface area contributed by atoms with E-state index in [4.69, 9.17) is 9.26 Å². The van der Waals surface area contributed by atoms with Crippen molar-refractivity contribution in [3.63, 3.8) is 0 Å². The van der Waals surface area contributed by atoms with E-state index in [0.29, 0.717) is 25.0 Å². The van der Waals surface area contributed by atoms with E-state index in [-0.39, 0.29) is 0 Å². The molecule has 7 nitrogen and oxygen atoms in total. The highest BCUT2D eigenvalue weighted by Gasteiger charge is 2.14. The molecule has 2 N–H and O–H groups in total. The quantitative estimate of drug-likeness (QED) is 0.792. The van der Waals surface area contributed by atoms with E-state index in [9.17, 15) is 0 Å². The second kappa shape index (κ2) is 6.15. The summed E-state index contributed by atoms with van der Waals surface area (Å²) < 4.78 is 11.0. The molecule has 1 saturated heterocycles. The third-order valence-electron chi connectivity index (χ3n) is 3.48. The number of hydrogen-bond donors (Lipinski definition) is 2. The number of anilines is 1. The van der Waals surface area contributed by atoms with Crippen molar-refractivity contribution in [2.45, 2.75) is 25.9 Å². The molecule has 0 unspecified atom stereocenters. The number of nitrogens with zero attached hydrogens (tertiary/aromatic N) is 3. The van der Waals surface area contributed by atoms with Gasteiger partial charge in [-0.25, -0.2) is 4.98 Å². The fourth-order valence-electron chi connectivity index (χ4n) is 2.41. The van der Waals surface area contributed by atoms with Crippen LogP contribution in [-0.2, 0) is 4.74 Å². The van der Waals surface area contributed by atoms with Crippen LogP contribution in [0, 0.1) is 6.92 Å². The van der Waals surface area contributed by atoms with Crippen molar-refractivity contribution in [1.29, 1.82) is 0 Å². The summed E-state index contributed by atoms with van der Waals surface area (Å²) in [4.78, 5) is 8.28. The molecule has 0 atom stereocenters. The minimum Gasteiger partial charge on any atom is -0.376 e. The average molecular weight is 277 g/mol. The molecule has 0 radical (unpaired) electrons. The molecule has 2 aromatic rings. The number of rotatable bonds is 5. The van der Waals surface area contributed by atoms with Crippen LogP contribution in [0.5, 0.6) is 0 Å². The molecule has 0 aromatic carbocycles. The van der Waals surface area contributed by atoms with Crippen LogP contribution in [0.3, 0.4) is 0 Å². The molecule has 0 bridgehead atoms. The lowest BCUT2D eigenvalue weighted by Crippen LogP contribution is -2.33. The van der Waals surface area contributed by atoms with Gasteiger partial charge in [0, 0.05) is 6.54 Å². The highest BCUT2D eigenvalue weighted by atomic mass is 16.5. The highest BCUT2D eigenvalue weighted by molar-refractivity contribution is 5.87.